The molecule has 4 heterocycles. The van der Waals surface area contributed by atoms with Crippen LogP contribution in [0.2, 0.25) is 0 Å². The summed E-state index contributed by atoms with van der Waals surface area (Å²) < 4.78 is 6.92. The van der Waals surface area contributed by atoms with Crippen molar-refractivity contribution < 1.29 is 23.6 Å². The maximum absolute atomic E-state index is 13.3. The van der Waals surface area contributed by atoms with Crippen molar-refractivity contribution in [3.05, 3.63) is 83.6 Å². The van der Waals surface area contributed by atoms with E-state index in [1.165, 1.54) is 18.1 Å². The lowest BCUT2D eigenvalue weighted by Crippen LogP contribution is -2.50. The van der Waals surface area contributed by atoms with Crippen LogP contribution < -0.4 is 10.2 Å². The number of hydrogen-bond acceptors (Lipinski definition) is 6. The van der Waals surface area contributed by atoms with E-state index in [2.05, 4.69) is 10.3 Å². The number of piperazine rings is 1. The van der Waals surface area contributed by atoms with Crippen molar-refractivity contribution in [2.75, 3.05) is 43.4 Å². The Kier molecular flexibility index (Phi) is 6.88. The second kappa shape index (κ2) is 10.4. The first-order valence-corrected chi connectivity index (χ1v) is 12.5. The number of hydrogen-bond donors (Lipinski definition) is 1. The van der Waals surface area contributed by atoms with Crippen molar-refractivity contribution in [2.24, 2.45) is 0 Å². The van der Waals surface area contributed by atoms with Gasteiger partial charge in [-0.2, -0.15) is 0 Å². The number of ketones is 1. The molecule has 1 aliphatic heterocycles. The molecule has 0 saturated carbocycles. The number of carbonyl (C=O) groups excluding carboxylic acids is 4. The lowest BCUT2D eigenvalue weighted by Gasteiger charge is -2.34. The Morgan fingerprint density at radius 2 is 1.54 bits per heavy atom. The Bertz CT molecular complexity index is 1550. The maximum Gasteiger partial charge on any atom is 0.327 e. The fourth-order valence-corrected chi connectivity index (χ4v) is 4.62. The predicted octanol–water partition coefficient (Wildman–Crippen LogP) is 3.70. The Hall–Kier alpha value is -4.93. The van der Waals surface area contributed by atoms with E-state index in [1.54, 1.807) is 82.9 Å². The molecular formula is C28H28N6O5. The number of furan rings is 1. The van der Waals surface area contributed by atoms with E-state index in [0.29, 0.717) is 60.2 Å². The highest BCUT2D eigenvalue weighted by molar-refractivity contribution is 6.02. The molecule has 11 nitrogen and oxygen atoms in total. The molecule has 39 heavy (non-hydrogen) atoms. The SMILES string of the molecule is CC(=O)c1ccc(NC(=O)N(C)c2c(C)nc3ccc(C(=O)N4CCN(C(=O)c5ccco5)CC4)cn23)cc1. The van der Waals surface area contributed by atoms with Crippen molar-refractivity contribution in [3.8, 4) is 0 Å². The number of nitrogens with zero attached hydrogens (tertiary/aromatic N) is 5. The van der Waals surface area contributed by atoms with E-state index in [9.17, 15) is 19.2 Å². The molecule has 0 radical (unpaired) electrons. The molecule has 1 aliphatic rings. The molecule has 200 valence electrons. The number of nitrogens with one attached hydrogen (secondary N) is 1. The maximum atomic E-state index is 13.3. The normalized spacial score (nSPS) is 13.4. The standard InChI is InChI=1S/C28H28N6O5/c1-18-25(31(3)28(38)30-22-9-6-20(7-10-22)19(2)35)34-17-21(8-11-24(34)29-18)26(36)32-12-14-33(15-13-32)27(37)23-5-4-16-39-23/h4-11,16-17H,12-15H2,1-3H3,(H,30,38). The van der Waals surface area contributed by atoms with Gasteiger partial charge in [0.15, 0.2) is 11.5 Å². The Labute approximate surface area is 224 Å². The van der Waals surface area contributed by atoms with Crippen molar-refractivity contribution >= 4 is 40.8 Å². The van der Waals surface area contributed by atoms with Gasteiger partial charge in [0.25, 0.3) is 11.8 Å². The average molecular weight is 529 g/mol. The molecule has 0 bridgehead atoms. The Balaban J connectivity index is 1.31. The van der Waals surface area contributed by atoms with Crippen LogP contribution in [0.3, 0.4) is 0 Å². The molecule has 3 aromatic heterocycles. The summed E-state index contributed by atoms with van der Waals surface area (Å²) in [7, 11) is 1.62. The quantitative estimate of drug-likeness (QED) is 0.395. The zero-order valence-electron chi connectivity index (χ0n) is 21.9. The van der Waals surface area contributed by atoms with E-state index in [1.807, 2.05) is 0 Å². The highest BCUT2D eigenvalue weighted by atomic mass is 16.3. The minimum absolute atomic E-state index is 0.0547. The van der Waals surface area contributed by atoms with Gasteiger partial charge in [-0.15, -0.1) is 0 Å². The first-order chi connectivity index (χ1) is 18.7. The summed E-state index contributed by atoms with van der Waals surface area (Å²) in [5, 5.41) is 2.82. The molecule has 11 heteroatoms. The van der Waals surface area contributed by atoms with E-state index in [0.717, 1.165) is 0 Å². The highest BCUT2D eigenvalue weighted by Gasteiger charge is 2.27. The van der Waals surface area contributed by atoms with Crippen LogP contribution in [-0.2, 0) is 0 Å². The first-order valence-electron chi connectivity index (χ1n) is 12.5. The molecule has 4 aromatic rings. The number of imidazole rings is 1. The van der Waals surface area contributed by atoms with Gasteiger partial charge in [0, 0.05) is 50.7 Å². The van der Waals surface area contributed by atoms with Gasteiger partial charge in [-0.1, -0.05) is 0 Å². The highest BCUT2D eigenvalue weighted by Crippen LogP contribution is 2.24. The Morgan fingerprint density at radius 3 is 2.15 bits per heavy atom. The summed E-state index contributed by atoms with van der Waals surface area (Å²) in [6.45, 7) is 4.87. The van der Waals surface area contributed by atoms with E-state index >= 15 is 0 Å². The number of anilines is 2. The van der Waals surface area contributed by atoms with Gasteiger partial charge >= 0.3 is 6.03 Å². The van der Waals surface area contributed by atoms with Crippen LogP contribution in [0.25, 0.3) is 5.65 Å². The number of amides is 4. The molecule has 0 aliphatic carbocycles. The van der Waals surface area contributed by atoms with Crippen LogP contribution in [0, 0.1) is 6.92 Å². The third kappa shape index (κ3) is 5.11. The van der Waals surface area contributed by atoms with Crippen LogP contribution in [0.15, 0.2) is 65.4 Å². The number of rotatable bonds is 5. The van der Waals surface area contributed by atoms with Gasteiger partial charge in [0.1, 0.15) is 11.5 Å². The van der Waals surface area contributed by atoms with E-state index < -0.39 is 6.03 Å². The number of pyridine rings is 1. The molecule has 1 N–H and O–H groups in total. The number of aromatic nitrogens is 2. The minimum atomic E-state index is -0.399. The zero-order chi connectivity index (χ0) is 27.7. The van der Waals surface area contributed by atoms with Crippen LogP contribution >= 0.6 is 0 Å². The second-order valence-corrected chi connectivity index (χ2v) is 9.35. The van der Waals surface area contributed by atoms with Crippen molar-refractivity contribution in [3.63, 3.8) is 0 Å². The molecule has 5 rings (SSSR count). The number of urea groups is 1. The number of carbonyl (C=O) groups is 4. The number of aryl methyl sites for hydroxylation is 1. The monoisotopic (exact) mass is 528 g/mol. The van der Waals surface area contributed by atoms with Gasteiger partial charge < -0.3 is 19.5 Å². The van der Waals surface area contributed by atoms with Gasteiger partial charge in [-0.05, 0) is 62.4 Å². The topological polar surface area (TPSA) is 120 Å². The molecule has 0 spiro atoms. The van der Waals surface area contributed by atoms with Gasteiger partial charge in [0.05, 0.1) is 17.5 Å². The molecule has 4 amide bonds. The molecule has 1 saturated heterocycles. The smallest absolute Gasteiger partial charge is 0.327 e. The fraction of sp³-hybridized carbons (Fsp3) is 0.250. The zero-order valence-corrected chi connectivity index (χ0v) is 21.9. The lowest BCUT2D eigenvalue weighted by molar-refractivity contribution is 0.0518. The number of benzene rings is 1. The third-order valence-corrected chi connectivity index (χ3v) is 6.76. The van der Waals surface area contributed by atoms with Crippen LogP contribution in [-0.4, -0.2) is 76.0 Å². The largest absolute Gasteiger partial charge is 0.459 e. The van der Waals surface area contributed by atoms with Crippen LogP contribution in [0.5, 0.6) is 0 Å². The first kappa shape index (κ1) is 25.7. The molecule has 0 atom stereocenters. The molecule has 1 fully saturated rings. The summed E-state index contributed by atoms with van der Waals surface area (Å²) in [5.74, 6) is 0.386. The lowest BCUT2D eigenvalue weighted by atomic mass is 10.1. The molecule has 0 unspecified atom stereocenters. The van der Waals surface area contributed by atoms with Gasteiger partial charge in [-0.25, -0.2) is 9.78 Å². The van der Waals surface area contributed by atoms with Crippen molar-refractivity contribution in [1.82, 2.24) is 19.2 Å². The molecule has 1 aromatic carbocycles. The summed E-state index contributed by atoms with van der Waals surface area (Å²) in [5.41, 5.74) is 2.76. The van der Waals surface area contributed by atoms with Gasteiger partial charge in [0.2, 0.25) is 0 Å². The second-order valence-electron chi connectivity index (χ2n) is 9.35. The number of fused-ring (bicyclic) bond motifs is 1. The van der Waals surface area contributed by atoms with Crippen molar-refractivity contribution in [2.45, 2.75) is 13.8 Å². The van der Waals surface area contributed by atoms with Crippen molar-refractivity contribution in [1.29, 1.82) is 0 Å². The van der Waals surface area contributed by atoms with E-state index in [-0.39, 0.29) is 23.4 Å². The van der Waals surface area contributed by atoms with E-state index in [4.69, 9.17) is 4.42 Å². The average Bonchev–Trinajstić information content (AvgIpc) is 3.59. The number of Topliss-reactive ketones (excluding diaryl/α,β-unsaturated/α-hetero) is 1. The summed E-state index contributed by atoms with van der Waals surface area (Å²) >= 11 is 0. The summed E-state index contributed by atoms with van der Waals surface area (Å²) in [6.07, 6.45) is 3.14. The summed E-state index contributed by atoms with van der Waals surface area (Å²) in [4.78, 5) is 59.8. The third-order valence-electron chi connectivity index (χ3n) is 6.76. The predicted molar refractivity (Wildman–Crippen MR) is 144 cm³/mol. The van der Waals surface area contributed by atoms with Crippen LogP contribution in [0.4, 0.5) is 16.3 Å². The van der Waals surface area contributed by atoms with Gasteiger partial charge in [-0.3, -0.25) is 23.7 Å². The Morgan fingerprint density at radius 1 is 0.897 bits per heavy atom. The molecular weight excluding hydrogens is 500 g/mol. The fourth-order valence-electron chi connectivity index (χ4n) is 4.62. The van der Waals surface area contributed by atoms with Crippen LogP contribution in [0.1, 0.15) is 43.9 Å². The minimum Gasteiger partial charge on any atom is -0.459 e. The summed E-state index contributed by atoms with van der Waals surface area (Å²) in [6, 6.07) is 13.0.